The monoisotopic (exact) mass is 278 g/mol. The van der Waals surface area contributed by atoms with Gasteiger partial charge in [-0.15, -0.1) is 0 Å². The summed E-state index contributed by atoms with van der Waals surface area (Å²) in [5.41, 5.74) is 9.05. The van der Waals surface area contributed by atoms with Gasteiger partial charge in [-0.25, -0.2) is 0 Å². The van der Waals surface area contributed by atoms with Gasteiger partial charge < -0.3 is 15.2 Å². The Morgan fingerprint density at radius 2 is 2.15 bits per heavy atom. The maximum atomic E-state index is 12.5. The largest absolute Gasteiger partial charge is 0.326 e. The van der Waals surface area contributed by atoms with E-state index < -0.39 is 0 Å². The molecule has 2 heterocycles. The molecular formula is C15H26N4O. The van der Waals surface area contributed by atoms with Gasteiger partial charge in [0.2, 0.25) is 0 Å². The second kappa shape index (κ2) is 6.52. The van der Waals surface area contributed by atoms with Crippen LogP contribution >= 0.6 is 0 Å². The molecule has 0 atom stereocenters. The van der Waals surface area contributed by atoms with Gasteiger partial charge in [-0.3, -0.25) is 9.69 Å². The lowest BCUT2D eigenvalue weighted by molar-refractivity contribution is 0.259. The lowest BCUT2D eigenvalue weighted by atomic mass is 10.0. The van der Waals surface area contributed by atoms with E-state index in [0.29, 0.717) is 6.54 Å². The maximum absolute atomic E-state index is 12.5. The van der Waals surface area contributed by atoms with E-state index in [1.54, 1.807) is 0 Å². The molecule has 0 saturated carbocycles. The van der Waals surface area contributed by atoms with E-state index in [0.717, 1.165) is 44.7 Å². The van der Waals surface area contributed by atoms with Crippen molar-refractivity contribution in [3.8, 4) is 0 Å². The number of hydrogen-bond donors (Lipinski definition) is 1. The molecule has 0 aliphatic carbocycles. The lowest BCUT2D eigenvalue weighted by Gasteiger charge is -2.30. The van der Waals surface area contributed by atoms with Gasteiger partial charge in [-0.05, 0) is 32.3 Å². The molecule has 0 bridgehead atoms. The van der Waals surface area contributed by atoms with Crippen LogP contribution in [0.5, 0.6) is 0 Å². The standard InChI is InChI=1S/C15H26N4O/c1-4-18-6-5-14-13(11-18)9-12(10-16)15(20)19(14)8-7-17(2)3/h9H,4-8,10-11,16H2,1-3H3. The van der Waals surface area contributed by atoms with Crippen LogP contribution in [-0.4, -0.2) is 48.1 Å². The fourth-order valence-electron chi connectivity index (χ4n) is 2.79. The molecule has 0 spiro atoms. The van der Waals surface area contributed by atoms with E-state index in [2.05, 4.69) is 16.7 Å². The minimum Gasteiger partial charge on any atom is -0.326 e. The number of rotatable bonds is 5. The van der Waals surface area contributed by atoms with Crippen LogP contribution in [0.3, 0.4) is 0 Å². The zero-order chi connectivity index (χ0) is 14.7. The predicted octanol–water partition coefficient (Wildman–Crippen LogP) is 0.247. The first-order valence-corrected chi connectivity index (χ1v) is 7.38. The molecule has 2 rings (SSSR count). The number of hydrogen-bond acceptors (Lipinski definition) is 4. The van der Waals surface area contributed by atoms with Crippen molar-refractivity contribution in [1.29, 1.82) is 0 Å². The van der Waals surface area contributed by atoms with Gasteiger partial charge in [0.25, 0.3) is 5.56 Å². The summed E-state index contributed by atoms with van der Waals surface area (Å²) in [6.45, 7) is 7.13. The SMILES string of the molecule is CCN1CCc2c(cc(CN)c(=O)n2CCN(C)C)C1. The molecule has 1 aromatic heterocycles. The molecule has 2 N–H and O–H groups in total. The van der Waals surface area contributed by atoms with Crippen molar-refractivity contribution >= 4 is 0 Å². The fraction of sp³-hybridized carbons (Fsp3) is 0.667. The molecule has 112 valence electrons. The number of nitrogens with two attached hydrogens (primary N) is 1. The van der Waals surface area contributed by atoms with Gasteiger partial charge in [0, 0.05) is 50.4 Å². The summed E-state index contributed by atoms with van der Waals surface area (Å²) in [7, 11) is 4.06. The highest BCUT2D eigenvalue weighted by molar-refractivity contribution is 5.29. The molecule has 1 aliphatic heterocycles. The number of aromatic nitrogens is 1. The minimum absolute atomic E-state index is 0.0954. The molecule has 0 fully saturated rings. The fourth-order valence-corrected chi connectivity index (χ4v) is 2.79. The Labute approximate surface area is 121 Å². The molecule has 5 nitrogen and oxygen atoms in total. The third-order valence-electron chi connectivity index (χ3n) is 4.06. The van der Waals surface area contributed by atoms with Crippen LogP contribution in [0.4, 0.5) is 0 Å². The molecule has 0 unspecified atom stereocenters. The first-order valence-electron chi connectivity index (χ1n) is 7.38. The maximum Gasteiger partial charge on any atom is 0.255 e. The molecule has 0 aromatic carbocycles. The first kappa shape index (κ1) is 15.2. The first-order chi connectivity index (χ1) is 9.56. The Morgan fingerprint density at radius 1 is 1.40 bits per heavy atom. The normalized spacial score (nSPS) is 15.7. The Kier molecular flexibility index (Phi) is 4.96. The van der Waals surface area contributed by atoms with E-state index in [-0.39, 0.29) is 5.56 Å². The van der Waals surface area contributed by atoms with Gasteiger partial charge in [-0.1, -0.05) is 6.92 Å². The molecule has 0 saturated heterocycles. The zero-order valence-corrected chi connectivity index (χ0v) is 12.9. The van der Waals surface area contributed by atoms with Crippen LogP contribution < -0.4 is 11.3 Å². The number of fused-ring (bicyclic) bond motifs is 1. The van der Waals surface area contributed by atoms with E-state index >= 15 is 0 Å². The minimum atomic E-state index is 0.0954. The van der Waals surface area contributed by atoms with Crippen LogP contribution in [0.15, 0.2) is 10.9 Å². The van der Waals surface area contributed by atoms with E-state index in [1.807, 2.05) is 24.7 Å². The average molecular weight is 278 g/mol. The van der Waals surface area contributed by atoms with Crippen molar-refractivity contribution in [2.75, 3.05) is 33.7 Å². The summed E-state index contributed by atoms with van der Waals surface area (Å²) in [4.78, 5) is 17.0. The van der Waals surface area contributed by atoms with E-state index in [9.17, 15) is 4.79 Å². The van der Waals surface area contributed by atoms with Crippen molar-refractivity contribution in [3.63, 3.8) is 0 Å². The number of nitrogens with zero attached hydrogens (tertiary/aromatic N) is 3. The third kappa shape index (κ3) is 3.11. The van der Waals surface area contributed by atoms with Crippen LogP contribution in [-0.2, 0) is 26.1 Å². The van der Waals surface area contributed by atoms with Gasteiger partial charge in [0.05, 0.1) is 0 Å². The Balaban J connectivity index is 2.41. The van der Waals surface area contributed by atoms with Crippen molar-refractivity contribution in [3.05, 3.63) is 33.2 Å². The molecule has 20 heavy (non-hydrogen) atoms. The second-order valence-corrected chi connectivity index (χ2v) is 5.72. The summed E-state index contributed by atoms with van der Waals surface area (Å²) in [5, 5.41) is 0. The summed E-state index contributed by atoms with van der Waals surface area (Å²) < 4.78 is 1.95. The second-order valence-electron chi connectivity index (χ2n) is 5.72. The smallest absolute Gasteiger partial charge is 0.255 e. The number of pyridine rings is 1. The highest BCUT2D eigenvalue weighted by Gasteiger charge is 2.20. The van der Waals surface area contributed by atoms with Crippen LogP contribution in [0, 0.1) is 0 Å². The van der Waals surface area contributed by atoms with Gasteiger partial charge in [0.1, 0.15) is 0 Å². The summed E-state index contributed by atoms with van der Waals surface area (Å²) >= 11 is 0. The van der Waals surface area contributed by atoms with Crippen molar-refractivity contribution in [1.82, 2.24) is 14.4 Å². The van der Waals surface area contributed by atoms with Crippen LogP contribution in [0.2, 0.25) is 0 Å². The third-order valence-corrected chi connectivity index (χ3v) is 4.06. The Bertz CT molecular complexity index is 521. The van der Waals surface area contributed by atoms with Crippen molar-refractivity contribution in [2.45, 2.75) is 33.0 Å². The van der Waals surface area contributed by atoms with Gasteiger partial charge >= 0.3 is 0 Å². The summed E-state index contributed by atoms with van der Waals surface area (Å²) in [5.74, 6) is 0. The van der Waals surface area contributed by atoms with Crippen molar-refractivity contribution in [2.24, 2.45) is 5.73 Å². The van der Waals surface area contributed by atoms with Crippen LogP contribution in [0.25, 0.3) is 0 Å². The molecule has 1 aliphatic rings. The predicted molar refractivity (Wildman–Crippen MR) is 81.8 cm³/mol. The highest BCUT2D eigenvalue weighted by atomic mass is 16.1. The molecule has 5 heteroatoms. The average Bonchev–Trinajstić information content (AvgIpc) is 2.44. The van der Waals surface area contributed by atoms with Gasteiger partial charge in [0.15, 0.2) is 0 Å². The molecule has 0 amide bonds. The van der Waals surface area contributed by atoms with Gasteiger partial charge in [-0.2, -0.15) is 0 Å². The lowest BCUT2D eigenvalue weighted by Crippen LogP contribution is -2.38. The summed E-state index contributed by atoms with van der Waals surface area (Å²) in [6.07, 6.45) is 0.955. The Morgan fingerprint density at radius 3 is 2.75 bits per heavy atom. The van der Waals surface area contributed by atoms with E-state index in [1.165, 1.54) is 11.3 Å². The molecular weight excluding hydrogens is 252 g/mol. The quantitative estimate of drug-likeness (QED) is 0.839. The topological polar surface area (TPSA) is 54.5 Å². The van der Waals surface area contributed by atoms with E-state index in [4.69, 9.17) is 5.73 Å². The molecule has 0 radical (unpaired) electrons. The zero-order valence-electron chi connectivity index (χ0n) is 12.9. The van der Waals surface area contributed by atoms with Crippen LogP contribution in [0.1, 0.15) is 23.7 Å². The Hall–Kier alpha value is -1.17. The highest BCUT2D eigenvalue weighted by Crippen LogP contribution is 2.18. The number of likely N-dealkylation sites (N-methyl/N-ethyl adjacent to an activating group) is 2. The molecule has 1 aromatic rings. The summed E-state index contributed by atoms with van der Waals surface area (Å²) in [6, 6.07) is 2.02. The van der Waals surface area contributed by atoms with Crippen molar-refractivity contribution < 1.29 is 0 Å².